The molecular formula is C26H30F3N7S. The van der Waals surface area contributed by atoms with Crippen LogP contribution in [-0.2, 0) is 19.8 Å². The quantitative estimate of drug-likeness (QED) is 0.321. The van der Waals surface area contributed by atoms with Crippen molar-refractivity contribution in [3.8, 4) is 10.6 Å². The number of anilines is 2. The zero-order valence-corrected chi connectivity index (χ0v) is 21.8. The van der Waals surface area contributed by atoms with Crippen LogP contribution >= 0.6 is 11.3 Å². The van der Waals surface area contributed by atoms with Gasteiger partial charge in [-0.2, -0.15) is 23.3 Å². The topological polar surface area (TPSA) is 70.9 Å². The highest BCUT2D eigenvalue weighted by Crippen LogP contribution is 2.34. The molecule has 0 bridgehead atoms. The first-order valence-electron chi connectivity index (χ1n) is 12.3. The SMILES string of the molecule is CN(C)c1nc(NC2CCC(NCc3ccc(-c4cc(C(F)(F)F)n(C)n4)s3)CC2)nc2ccccc12. The molecule has 1 aromatic carbocycles. The molecule has 0 aliphatic heterocycles. The van der Waals surface area contributed by atoms with Crippen LogP contribution in [-0.4, -0.2) is 45.9 Å². The summed E-state index contributed by atoms with van der Waals surface area (Å²) in [6, 6.07) is 13.7. The summed E-state index contributed by atoms with van der Waals surface area (Å²) in [4.78, 5) is 13.3. The van der Waals surface area contributed by atoms with Gasteiger partial charge in [0.1, 0.15) is 17.2 Å². The van der Waals surface area contributed by atoms with Crippen molar-refractivity contribution in [1.29, 1.82) is 0 Å². The monoisotopic (exact) mass is 529 g/mol. The summed E-state index contributed by atoms with van der Waals surface area (Å²) in [5, 5.41) is 12.2. The first kappa shape index (κ1) is 25.5. The maximum Gasteiger partial charge on any atom is 0.433 e. The molecule has 0 unspecified atom stereocenters. The number of rotatable bonds is 7. The molecule has 3 aromatic heterocycles. The van der Waals surface area contributed by atoms with Crippen LogP contribution in [0.25, 0.3) is 21.5 Å². The average Bonchev–Trinajstić information content (AvgIpc) is 3.49. The predicted molar refractivity (Wildman–Crippen MR) is 142 cm³/mol. The molecule has 1 aliphatic carbocycles. The zero-order chi connectivity index (χ0) is 26.2. The maximum atomic E-state index is 13.1. The Kier molecular flexibility index (Phi) is 7.09. The summed E-state index contributed by atoms with van der Waals surface area (Å²) in [6.07, 6.45) is -0.340. The molecule has 2 N–H and O–H groups in total. The standard InChI is InChI=1S/C26H30F3N7S/c1-35(2)24-19-6-4-5-7-20(19)32-25(33-24)31-17-10-8-16(9-11-17)30-15-18-12-13-22(37-18)21-14-23(26(27,28)29)36(3)34-21/h4-7,12-14,16-17,30H,8-11,15H2,1-3H3,(H,31,32,33). The van der Waals surface area contributed by atoms with E-state index in [9.17, 15) is 13.2 Å². The molecule has 5 rings (SSSR count). The molecular weight excluding hydrogens is 499 g/mol. The number of fused-ring (bicyclic) bond motifs is 1. The van der Waals surface area contributed by atoms with E-state index in [1.807, 2.05) is 55.4 Å². The van der Waals surface area contributed by atoms with Crippen molar-refractivity contribution in [3.05, 3.63) is 53.0 Å². The van der Waals surface area contributed by atoms with Crippen molar-refractivity contribution >= 4 is 34.0 Å². The van der Waals surface area contributed by atoms with Crippen molar-refractivity contribution < 1.29 is 13.2 Å². The molecule has 0 radical (unpaired) electrons. The number of thiophene rings is 1. The van der Waals surface area contributed by atoms with Crippen LogP contribution in [0, 0.1) is 0 Å². The molecule has 1 aliphatic rings. The molecule has 4 aromatic rings. The van der Waals surface area contributed by atoms with Crippen LogP contribution in [0.4, 0.5) is 24.9 Å². The molecule has 0 amide bonds. The number of benzene rings is 1. The Hall–Kier alpha value is -3.18. The van der Waals surface area contributed by atoms with E-state index in [4.69, 9.17) is 9.97 Å². The van der Waals surface area contributed by atoms with E-state index in [0.29, 0.717) is 30.3 Å². The summed E-state index contributed by atoms with van der Waals surface area (Å²) >= 11 is 1.48. The minimum atomic E-state index is -4.41. The third-order valence-electron chi connectivity index (χ3n) is 6.72. The van der Waals surface area contributed by atoms with Crippen LogP contribution in [0.15, 0.2) is 42.5 Å². The van der Waals surface area contributed by atoms with Crippen molar-refractivity contribution in [2.75, 3.05) is 24.3 Å². The lowest BCUT2D eigenvalue weighted by atomic mass is 9.91. The van der Waals surface area contributed by atoms with Gasteiger partial charge < -0.3 is 15.5 Å². The van der Waals surface area contributed by atoms with E-state index >= 15 is 0 Å². The van der Waals surface area contributed by atoms with Crippen LogP contribution in [0.3, 0.4) is 0 Å². The summed E-state index contributed by atoms with van der Waals surface area (Å²) < 4.78 is 40.2. The molecule has 1 saturated carbocycles. The van der Waals surface area contributed by atoms with Gasteiger partial charge in [-0.05, 0) is 56.0 Å². The van der Waals surface area contributed by atoms with Gasteiger partial charge in [0.05, 0.1) is 10.4 Å². The smallest absolute Gasteiger partial charge is 0.362 e. The fourth-order valence-corrected chi connectivity index (χ4v) is 5.71. The Morgan fingerprint density at radius 3 is 2.46 bits per heavy atom. The third-order valence-corrected chi connectivity index (χ3v) is 7.82. The largest absolute Gasteiger partial charge is 0.433 e. The van der Waals surface area contributed by atoms with Gasteiger partial charge in [0.2, 0.25) is 5.95 Å². The van der Waals surface area contributed by atoms with Gasteiger partial charge in [0.25, 0.3) is 0 Å². The maximum absolute atomic E-state index is 13.1. The lowest BCUT2D eigenvalue weighted by Crippen LogP contribution is -2.36. The van der Waals surface area contributed by atoms with Crippen LogP contribution in [0.2, 0.25) is 0 Å². The fraction of sp³-hybridized carbons (Fsp3) is 0.423. The number of para-hydroxylation sites is 1. The highest BCUT2D eigenvalue weighted by atomic mass is 32.1. The highest BCUT2D eigenvalue weighted by Gasteiger charge is 2.35. The van der Waals surface area contributed by atoms with Crippen molar-refractivity contribution in [2.24, 2.45) is 7.05 Å². The second-order valence-electron chi connectivity index (χ2n) is 9.66. The third kappa shape index (κ3) is 5.72. The van der Waals surface area contributed by atoms with E-state index in [2.05, 4.69) is 15.7 Å². The Balaban J connectivity index is 1.15. The molecule has 3 heterocycles. The second kappa shape index (κ2) is 10.3. The van der Waals surface area contributed by atoms with Crippen molar-refractivity contribution in [2.45, 2.75) is 50.5 Å². The van der Waals surface area contributed by atoms with Crippen molar-refractivity contribution in [3.63, 3.8) is 0 Å². The van der Waals surface area contributed by atoms with Gasteiger partial charge in [-0.25, -0.2) is 4.98 Å². The predicted octanol–water partition coefficient (Wildman–Crippen LogP) is 5.69. The number of nitrogens with one attached hydrogen (secondary N) is 2. The number of hydrogen-bond acceptors (Lipinski definition) is 7. The van der Waals surface area contributed by atoms with Crippen LogP contribution in [0.1, 0.15) is 36.3 Å². The molecule has 0 atom stereocenters. The number of alkyl halides is 3. The normalized spacial score (nSPS) is 18.3. The zero-order valence-electron chi connectivity index (χ0n) is 21.0. The van der Waals surface area contributed by atoms with E-state index in [0.717, 1.165) is 62.9 Å². The van der Waals surface area contributed by atoms with E-state index in [-0.39, 0.29) is 0 Å². The summed E-state index contributed by atoms with van der Waals surface area (Å²) in [5.74, 6) is 1.56. The number of aryl methyl sites for hydroxylation is 1. The fourth-order valence-electron chi connectivity index (χ4n) is 4.80. The molecule has 1 fully saturated rings. The lowest BCUT2D eigenvalue weighted by molar-refractivity contribution is -0.143. The number of halogens is 3. The Labute approximate surface area is 217 Å². The van der Waals surface area contributed by atoms with E-state index in [1.54, 1.807) is 0 Å². The minimum absolute atomic E-state index is 0.314. The average molecular weight is 530 g/mol. The van der Waals surface area contributed by atoms with Crippen LogP contribution < -0.4 is 15.5 Å². The van der Waals surface area contributed by atoms with Gasteiger partial charge in [0.15, 0.2) is 0 Å². The van der Waals surface area contributed by atoms with Gasteiger partial charge in [0, 0.05) is 50.0 Å². The minimum Gasteiger partial charge on any atom is -0.362 e. The second-order valence-corrected chi connectivity index (χ2v) is 10.8. The molecule has 37 heavy (non-hydrogen) atoms. The first-order valence-corrected chi connectivity index (χ1v) is 13.1. The van der Waals surface area contributed by atoms with Gasteiger partial charge in [-0.15, -0.1) is 11.3 Å². The molecule has 0 saturated heterocycles. The summed E-state index contributed by atoms with van der Waals surface area (Å²) in [7, 11) is 5.30. The first-order chi connectivity index (χ1) is 17.7. The molecule has 196 valence electrons. The summed E-state index contributed by atoms with van der Waals surface area (Å²) in [5.41, 5.74) is 0.536. The van der Waals surface area contributed by atoms with Gasteiger partial charge >= 0.3 is 6.18 Å². The molecule has 11 heteroatoms. The number of hydrogen-bond donors (Lipinski definition) is 2. The number of nitrogens with zero attached hydrogens (tertiary/aromatic N) is 5. The molecule has 7 nitrogen and oxygen atoms in total. The Bertz CT molecular complexity index is 1370. The lowest BCUT2D eigenvalue weighted by Gasteiger charge is -2.30. The Morgan fingerprint density at radius 1 is 1.03 bits per heavy atom. The highest BCUT2D eigenvalue weighted by molar-refractivity contribution is 7.15. The molecule has 0 spiro atoms. The van der Waals surface area contributed by atoms with Gasteiger partial charge in [-0.1, -0.05) is 12.1 Å². The van der Waals surface area contributed by atoms with E-state index in [1.165, 1.54) is 18.4 Å². The van der Waals surface area contributed by atoms with E-state index < -0.39 is 11.9 Å². The Morgan fingerprint density at radius 2 is 1.76 bits per heavy atom. The summed E-state index contributed by atoms with van der Waals surface area (Å²) in [6.45, 7) is 0.687. The van der Waals surface area contributed by atoms with Crippen LogP contribution in [0.5, 0.6) is 0 Å². The van der Waals surface area contributed by atoms with Gasteiger partial charge in [-0.3, -0.25) is 4.68 Å². The number of aromatic nitrogens is 4. The van der Waals surface area contributed by atoms with Crippen molar-refractivity contribution in [1.82, 2.24) is 25.1 Å².